The molecule has 1 atom stereocenters. The number of nitrogens with one attached hydrogen (secondary N) is 1. The molecule has 0 fully saturated rings. The van der Waals surface area contributed by atoms with Crippen LogP contribution in [0.3, 0.4) is 0 Å². The minimum Gasteiger partial charge on any atom is -0.484 e. The molecular formula is C23H27N3O3. The van der Waals surface area contributed by atoms with Crippen LogP contribution in [-0.4, -0.2) is 35.9 Å². The van der Waals surface area contributed by atoms with E-state index in [9.17, 15) is 9.59 Å². The number of hydrogen-bond acceptors (Lipinski definition) is 4. The monoisotopic (exact) mass is 393 g/mol. The first-order valence-electron chi connectivity index (χ1n) is 9.64. The van der Waals surface area contributed by atoms with Crippen molar-refractivity contribution >= 4 is 17.5 Å². The first-order valence-corrected chi connectivity index (χ1v) is 9.64. The van der Waals surface area contributed by atoms with E-state index in [4.69, 9.17) is 10.00 Å². The van der Waals surface area contributed by atoms with Crippen LogP contribution in [0.4, 0.5) is 5.69 Å². The maximum absolute atomic E-state index is 12.7. The van der Waals surface area contributed by atoms with Gasteiger partial charge in [0.2, 0.25) is 5.91 Å². The predicted molar refractivity (Wildman–Crippen MR) is 113 cm³/mol. The van der Waals surface area contributed by atoms with Crippen LogP contribution in [0.15, 0.2) is 42.5 Å². The van der Waals surface area contributed by atoms with Crippen molar-refractivity contribution in [1.29, 1.82) is 5.26 Å². The molecule has 152 valence electrons. The molecule has 2 aromatic carbocycles. The lowest BCUT2D eigenvalue weighted by atomic mass is 10.1. The normalized spacial score (nSPS) is 11.3. The van der Waals surface area contributed by atoms with Gasteiger partial charge in [0, 0.05) is 11.7 Å². The van der Waals surface area contributed by atoms with E-state index in [-0.39, 0.29) is 31.0 Å². The zero-order valence-electron chi connectivity index (χ0n) is 17.4. The maximum atomic E-state index is 12.7. The summed E-state index contributed by atoms with van der Waals surface area (Å²) in [6.45, 7) is 7.60. The third kappa shape index (κ3) is 6.08. The van der Waals surface area contributed by atoms with Crippen molar-refractivity contribution in [3.63, 3.8) is 0 Å². The van der Waals surface area contributed by atoms with Gasteiger partial charge < -0.3 is 15.0 Å². The number of anilines is 1. The van der Waals surface area contributed by atoms with Gasteiger partial charge in [0.25, 0.3) is 5.91 Å². The maximum Gasteiger partial charge on any atom is 0.261 e. The molecule has 2 rings (SSSR count). The van der Waals surface area contributed by atoms with Gasteiger partial charge >= 0.3 is 0 Å². The molecule has 0 saturated carbocycles. The molecule has 0 bridgehead atoms. The van der Waals surface area contributed by atoms with Gasteiger partial charge in [-0.25, -0.2) is 0 Å². The van der Waals surface area contributed by atoms with Crippen molar-refractivity contribution in [3.05, 3.63) is 59.2 Å². The largest absolute Gasteiger partial charge is 0.484 e. The van der Waals surface area contributed by atoms with Crippen LogP contribution in [0.2, 0.25) is 0 Å². The summed E-state index contributed by atoms with van der Waals surface area (Å²) in [7, 11) is 0. The second-order valence-corrected chi connectivity index (χ2v) is 7.00. The highest BCUT2D eigenvalue weighted by Gasteiger charge is 2.22. The Bertz CT molecular complexity index is 901. The fourth-order valence-electron chi connectivity index (χ4n) is 2.79. The van der Waals surface area contributed by atoms with Crippen LogP contribution in [0.5, 0.6) is 5.75 Å². The third-order valence-corrected chi connectivity index (χ3v) is 4.98. The van der Waals surface area contributed by atoms with E-state index >= 15 is 0 Å². The molecule has 0 radical (unpaired) electrons. The van der Waals surface area contributed by atoms with Crippen LogP contribution >= 0.6 is 0 Å². The van der Waals surface area contributed by atoms with Crippen molar-refractivity contribution in [1.82, 2.24) is 4.90 Å². The number of carbonyl (C=O) groups is 2. The van der Waals surface area contributed by atoms with Gasteiger partial charge in [0.1, 0.15) is 12.3 Å². The molecule has 0 aliphatic carbocycles. The number of rotatable bonds is 8. The highest BCUT2D eigenvalue weighted by molar-refractivity contribution is 5.95. The smallest absolute Gasteiger partial charge is 0.261 e. The zero-order valence-corrected chi connectivity index (χ0v) is 17.4. The van der Waals surface area contributed by atoms with Crippen LogP contribution < -0.4 is 10.1 Å². The Labute approximate surface area is 172 Å². The molecule has 0 spiro atoms. The van der Waals surface area contributed by atoms with Crippen LogP contribution in [-0.2, 0) is 9.59 Å². The minimum atomic E-state index is -0.264. The van der Waals surface area contributed by atoms with Gasteiger partial charge in [-0.2, -0.15) is 5.26 Å². The lowest BCUT2D eigenvalue weighted by Crippen LogP contribution is -2.45. The van der Waals surface area contributed by atoms with Gasteiger partial charge in [-0.1, -0.05) is 19.1 Å². The second-order valence-electron chi connectivity index (χ2n) is 7.00. The molecule has 0 unspecified atom stereocenters. The fourth-order valence-corrected chi connectivity index (χ4v) is 2.79. The Morgan fingerprint density at radius 3 is 2.48 bits per heavy atom. The van der Waals surface area contributed by atoms with Gasteiger partial charge in [0.15, 0.2) is 6.61 Å². The van der Waals surface area contributed by atoms with E-state index in [1.807, 2.05) is 52.0 Å². The van der Waals surface area contributed by atoms with Crippen LogP contribution in [0.25, 0.3) is 0 Å². The summed E-state index contributed by atoms with van der Waals surface area (Å²) in [5.41, 5.74) is 3.37. The van der Waals surface area contributed by atoms with Gasteiger partial charge in [-0.05, 0) is 68.7 Å². The van der Waals surface area contributed by atoms with Crippen molar-refractivity contribution in [2.45, 2.75) is 40.2 Å². The number of nitrogens with zero attached hydrogens (tertiary/aromatic N) is 2. The lowest BCUT2D eigenvalue weighted by Gasteiger charge is -2.28. The number of hydrogen-bond donors (Lipinski definition) is 1. The number of benzene rings is 2. The van der Waals surface area contributed by atoms with Crippen molar-refractivity contribution in [2.24, 2.45) is 0 Å². The Hall–Kier alpha value is -3.33. The van der Waals surface area contributed by atoms with Gasteiger partial charge in [-0.3, -0.25) is 9.59 Å². The molecule has 1 N–H and O–H groups in total. The Morgan fingerprint density at radius 2 is 1.86 bits per heavy atom. The van der Waals surface area contributed by atoms with Crippen molar-refractivity contribution in [3.8, 4) is 11.8 Å². The summed E-state index contributed by atoms with van der Waals surface area (Å²) in [6, 6.07) is 14.2. The van der Waals surface area contributed by atoms with E-state index in [2.05, 4.69) is 5.32 Å². The molecule has 0 heterocycles. The Morgan fingerprint density at radius 1 is 1.17 bits per heavy atom. The molecule has 6 nitrogen and oxygen atoms in total. The summed E-state index contributed by atoms with van der Waals surface area (Å²) >= 11 is 0. The van der Waals surface area contributed by atoms with Crippen molar-refractivity contribution in [2.75, 3.05) is 18.5 Å². The molecule has 2 amide bonds. The quantitative estimate of drug-likeness (QED) is 0.739. The summed E-state index contributed by atoms with van der Waals surface area (Å²) in [4.78, 5) is 26.8. The number of aryl methyl sites for hydroxylation is 1. The predicted octanol–water partition coefficient (Wildman–Crippen LogP) is 3.82. The molecule has 0 aliphatic rings. The fraction of sp³-hybridized carbons (Fsp3) is 0.348. The number of carbonyl (C=O) groups excluding carboxylic acids is 2. The Kier molecular flexibility index (Phi) is 7.79. The molecule has 2 aromatic rings. The van der Waals surface area contributed by atoms with E-state index in [0.717, 1.165) is 23.2 Å². The minimum absolute atomic E-state index is 0.0437. The molecule has 6 heteroatoms. The van der Waals surface area contributed by atoms with Crippen LogP contribution in [0, 0.1) is 25.2 Å². The first-order chi connectivity index (χ1) is 13.8. The van der Waals surface area contributed by atoms with E-state index in [0.29, 0.717) is 11.3 Å². The van der Waals surface area contributed by atoms with Gasteiger partial charge in [-0.15, -0.1) is 0 Å². The molecule has 29 heavy (non-hydrogen) atoms. The number of nitriles is 1. The van der Waals surface area contributed by atoms with Crippen molar-refractivity contribution < 1.29 is 14.3 Å². The molecule has 0 aromatic heterocycles. The SMILES string of the molecule is CC[C@@H](C)N(CC(=O)Nc1cccc(C)c1C)C(=O)COc1ccc(C#N)cc1. The second kappa shape index (κ2) is 10.3. The highest BCUT2D eigenvalue weighted by Crippen LogP contribution is 2.18. The topological polar surface area (TPSA) is 82.4 Å². The zero-order chi connectivity index (χ0) is 21.4. The van der Waals surface area contributed by atoms with Gasteiger partial charge in [0.05, 0.1) is 11.6 Å². The van der Waals surface area contributed by atoms with Crippen LogP contribution in [0.1, 0.15) is 37.0 Å². The van der Waals surface area contributed by atoms with E-state index < -0.39 is 0 Å². The Balaban J connectivity index is 2.01. The molecule has 0 saturated heterocycles. The third-order valence-electron chi connectivity index (χ3n) is 4.98. The lowest BCUT2D eigenvalue weighted by molar-refractivity contribution is -0.138. The highest BCUT2D eigenvalue weighted by atomic mass is 16.5. The number of amides is 2. The summed E-state index contributed by atoms with van der Waals surface area (Å²) in [5, 5.41) is 11.7. The summed E-state index contributed by atoms with van der Waals surface area (Å²) in [5.74, 6) is -0.00756. The summed E-state index contributed by atoms with van der Waals surface area (Å²) in [6.07, 6.45) is 0.722. The summed E-state index contributed by atoms with van der Waals surface area (Å²) < 4.78 is 5.55. The standard InChI is InChI=1S/C23H27N3O3/c1-5-17(3)26(14-22(27)25-21-8-6-7-16(2)18(21)4)23(28)15-29-20-11-9-19(13-24)10-12-20/h6-12,17H,5,14-15H2,1-4H3,(H,25,27)/t17-/m1/s1. The van der Waals surface area contributed by atoms with E-state index in [1.165, 1.54) is 4.90 Å². The first kappa shape index (κ1) is 22.0. The number of ether oxygens (including phenoxy) is 1. The molecular weight excluding hydrogens is 366 g/mol. The average molecular weight is 393 g/mol. The molecule has 0 aliphatic heterocycles. The van der Waals surface area contributed by atoms with E-state index in [1.54, 1.807) is 24.3 Å². The average Bonchev–Trinajstić information content (AvgIpc) is 2.73.